The third kappa shape index (κ3) is 3.91. The van der Waals surface area contributed by atoms with Crippen LogP contribution in [0.25, 0.3) is 0 Å². The predicted molar refractivity (Wildman–Crippen MR) is 105 cm³/mol. The molecule has 0 radical (unpaired) electrons. The fourth-order valence-electron chi connectivity index (χ4n) is 2.26. The first-order valence-electron chi connectivity index (χ1n) is 7.34. The summed E-state index contributed by atoms with van der Waals surface area (Å²) in [5.41, 5.74) is 1.63. The minimum atomic E-state index is -0.238. The third-order valence-corrected chi connectivity index (χ3v) is 5.15. The summed E-state index contributed by atoms with van der Waals surface area (Å²) in [7, 11) is 1.77. The standard InChI is InChI=1S/C18H13ClIN3O2/c1-23-9-8-21-17(23)16(24)11-2-5-13(6-3-11)22-18(25)12-4-7-14(19)15(20)10-12/h2-10H,1H3,(H,22,25). The Kier molecular flexibility index (Phi) is 5.19. The molecule has 0 unspecified atom stereocenters. The molecule has 1 amide bonds. The SMILES string of the molecule is Cn1ccnc1C(=O)c1ccc(NC(=O)c2ccc(Cl)c(I)c2)cc1. The van der Waals surface area contributed by atoms with Gasteiger partial charge in [0.2, 0.25) is 5.78 Å². The van der Waals surface area contributed by atoms with E-state index < -0.39 is 0 Å². The molecule has 3 rings (SSSR count). The Balaban J connectivity index is 1.74. The van der Waals surface area contributed by atoms with Crippen molar-refractivity contribution in [3.05, 3.63) is 80.4 Å². The lowest BCUT2D eigenvalue weighted by molar-refractivity contribution is 0.102. The number of nitrogens with one attached hydrogen (secondary N) is 1. The average molecular weight is 466 g/mol. The summed E-state index contributed by atoms with van der Waals surface area (Å²) >= 11 is 8.04. The average Bonchev–Trinajstić information content (AvgIpc) is 3.03. The van der Waals surface area contributed by atoms with Crippen LogP contribution in [0.4, 0.5) is 5.69 Å². The van der Waals surface area contributed by atoms with E-state index in [4.69, 9.17) is 11.6 Å². The van der Waals surface area contributed by atoms with Gasteiger partial charge in [-0.3, -0.25) is 9.59 Å². The molecule has 0 aliphatic rings. The zero-order valence-corrected chi connectivity index (χ0v) is 16.1. The second kappa shape index (κ2) is 7.37. The quantitative estimate of drug-likeness (QED) is 0.465. The van der Waals surface area contributed by atoms with Crippen LogP contribution in [0, 0.1) is 3.57 Å². The number of nitrogens with zero attached hydrogens (tertiary/aromatic N) is 2. The van der Waals surface area contributed by atoms with Crippen LogP contribution in [0.2, 0.25) is 5.02 Å². The van der Waals surface area contributed by atoms with Crippen molar-refractivity contribution in [2.75, 3.05) is 5.32 Å². The van der Waals surface area contributed by atoms with E-state index >= 15 is 0 Å². The van der Waals surface area contributed by atoms with Gasteiger partial charge in [0.25, 0.3) is 5.91 Å². The van der Waals surface area contributed by atoms with Crippen molar-refractivity contribution in [2.45, 2.75) is 0 Å². The first-order chi connectivity index (χ1) is 12.0. The van der Waals surface area contributed by atoms with E-state index in [9.17, 15) is 9.59 Å². The van der Waals surface area contributed by atoms with Gasteiger partial charge in [-0.25, -0.2) is 4.98 Å². The number of hydrogen-bond acceptors (Lipinski definition) is 3. The van der Waals surface area contributed by atoms with Gasteiger partial charge in [-0.15, -0.1) is 0 Å². The molecule has 0 saturated carbocycles. The zero-order valence-electron chi connectivity index (χ0n) is 13.2. The topological polar surface area (TPSA) is 64.0 Å². The molecule has 0 aliphatic heterocycles. The van der Waals surface area contributed by atoms with Gasteiger partial charge in [-0.05, 0) is 65.1 Å². The molecule has 0 aliphatic carbocycles. The lowest BCUT2D eigenvalue weighted by Gasteiger charge is -2.07. The van der Waals surface area contributed by atoms with Gasteiger partial charge in [-0.2, -0.15) is 0 Å². The zero-order chi connectivity index (χ0) is 18.0. The molecule has 0 spiro atoms. The maximum absolute atomic E-state index is 12.4. The Morgan fingerprint density at radius 1 is 1.12 bits per heavy atom. The fraction of sp³-hybridized carbons (Fsp3) is 0.0556. The van der Waals surface area contributed by atoms with Crippen molar-refractivity contribution >= 4 is 51.6 Å². The number of amides is 1. The van der Waals surface area contributed by atoms with Gasteiger partial charge < -0.3 is 9.88 Å². The molecule has 126 valence electrons. The van der Waals surface area contributed by atoms with Crippen molar-refractivity contribution in [1.82, 2.24) is 9.55 Å². The summed E-state index contributed by atoms with van der Waals surface area (Å²) < 4.78 is 2.48. The van der Waals surface area contributed by atoms with Gasteiger partial charge in [0.1, 0.15) is 0 Å². The number of aromatic nitrogens is 2. The smallest absolute Gasteiger partial charge is 0.255 e. The molecule has 7 heteroatoms. The molecule has 2 aromatic carbocycles. The van der Waals surface area contributed by atoms with Crippen LogP contribution in [0.3, 0.4) is 0 Å². The molecule has 0 atom stereocenters. The first-order valence-corrected chi connectivity index (χ1v) is 8.80. The number of imidazole rings is 1. The summed E-state index contributed by atoms with van der Waals surface area (Å²) in [6.07, 6.45) is 3.30. The van der Waals surface area contributed by atoms with Crippen LogP contribution in [-0.2, 0) is 7.05 Å². The molecular weight excluding hydrogens is 453 g/mol. The third-order valence-electron chi connectivity index (χ3n) is 3.61. The monoisotopic (exact) mass is 465 g/mol. The Morgan fingerprint density at radius 3 is 2.40 bits per heavy atom. The number of benzene rings is 2. The largest absolute Gasteiger partial charge is 0.331 e. The maximum atomic E-state index is 12.4. The fourth-order valence-corrected chi connectivity index (χ4v) is 2.89. The molecule has 25 heavy (non-hydrogen) atoms. The van der Waals surface area contributed by atoms with Crippen molar-refractivity contribution in [3.8, 4) is 0 Å². The number of ketones is 1. The molecule has 5 nitrogen and oxygen atoms in total. The van der Waals surface area contributed by atoms with E-state index in [0.717, 1.165) is 3.57 Å². The highest BCUT2D eigenvalue weighted by atomic mass is 127. The van der Waals surface area contributed by atoms with E-state index in [1.807, 2.05) is 0 Å². The van der Waals surface area contributed by atoms with Crippen LogP contribution < -0.4 is 5.32 Å². The highest BCUT2D eigenvalue weighted by Crippen LogP contribution is 2.20. The van der Waals surface area contributed by atoms with E-state index in [0.29, 0.717) is 27.7 Å². The van der Waals surface area contributed by atoms with Crippen LogP contribution in [-0.4, -0.2) is 21.2 Å². The van der Waals surface area contributed by atoms with Gasteiger partial charge in [0.05, 0.1) is 5.02 Å². The Labute approximate surface area is 163 Å². The van der Waals surface area contributed by atoms with Gasteiger partial charge in [0, 0.05) is 39.8 Å². The van der Waals surface area contributed by atoms with Crippen LogP contribution in [0.1, 0.15) is 26.5 Å². The summed E-state index contributed by atoms with van der Waals surface area (Å²) in [5.74, 6) is -0.0390. The number of halogens is 2. The number of hydrogen-bond donors (Lipinski definition) is 1. The minimum absolute atomic E-state index is 0.169. The predicted octanol–water partition coefficient (Wildman–Crippen LogP) is 4.16. The second-order valence-corrected chi connectivity index (χ2v) is 6.92. The van der Waals surface area contributed by atoms with Gasteiger partial charge >= 0.3 is 0 Å². The number of aryl methyl sites for hydroxylation is 1. The summed E-state index contributed by atoms with van der Waals surface area (Å²) in [5, 5.41) is 3.41. The number of rotatable bonds is 4. The number of carbonyl (C=O) groups is 2. The van der Waals surface area contributed by atoms with Crippen molar-refractivity contribution in [3.63, 3.8) is 0 Å². The minimum Gasteiger partial charge on any atom is -0.331 e. The normalized spacial score (nSPS) is 10.5. The number of anilines is 1. The molecule has 0 fully saturated rings. The highest BCUT2D eigenvalue weighted by molar-refractivity contribution is 14.1. The molecular formula is C18H13ClIN3O2. The summed E-state index contributed by atoms with van der Waals surface area (Å²) in [6.45, 7) is 0. The Hall–Kier alpha value is -2.19. The maximum Gasteiger partial charge on any atom is 0.255 e. The van der Waals surface area contributed by atoms with Crippen molar-refractivity contribution in [2.24, 2.45) is 7.05 Å². The molecule has 1 aromatic heterocycles. The van der Waals surface area contributed by atoms with E-state index in [2.05, 4.69) is 32.9 Å². The summed E-state index contributed by atoms with van der Waals surface area (Å²) in [6, 6.07) is 11.8. The Bertz CT molecular complexity index is 951. The summed E-state index contributed by atoms with van der Waals surface area (Å²) in [4.78, 5) is 28.7. The first kappa shape index (κ1) is 17.6. The Morgan fingerprint density at radius 2 is 1.80 bits per heavy atom. The van der Waals surface area contributed by atoms with Crippen molar-refractivity contribution in [1.29, 1.82) is 0 Å². The lowest BCUT2D eigenvalue weighted by atomic mass is 10.1. The molecule has 3 aromatic rings. The lowest BCUT2D eigenvalue weighted by Crippen LogP contribution is -2.12. The van der Waals surface area contributed by atoms with E-state index in [1.54, 1.807) is 66.5 Å². The van der Waals surface area contributed by atoms with Gasteiger partial charge in [-0.1, -0.05) is 11.6 Å². The van der Waals surface area contributed by atoms with E-state index in [-0.39, 0.29) is 11.7 Å². The van der Waals surface area contributed by atoms with E-state index in [1.165, 1.54) is 0 Å². The van der Waals surface area contributed by atoms with Crippen LogP contribution >= 0.6 is 34.2 Å². The highest BCUT2D eigenvalue weighted by Gasteiger charge is 2.14. The van der Waals surface area contributed by atoms with Crippen molar-refractivity contribution < 1.29 is 9.59 Å². The van der Waals surface area contributed by atoms with Gasteiger partial charge in [0.15, 0.2) is 5.82 Å². The van der Waals surface area contributed by atoms with Crippen LogP contribution in [0.5, 0.6) is 0 Å². The number of carbonyl (C=O) groups excluding carboxylic acids is 2. The second-order valence-electron chi connectivity index (χ2n) is 5.35. The van der Waals surface area contributed by atoms with Crippen LogP contribution in [0.15, 0.2) is 54.9 Å². The molecule has 0 bridgehead atoms. The molecule has 1 N–H and O–H groups in total. The molecule has 1 heterocycles. The molecule has 0 saturated heterocycles.